The van der Waals surface area contributed by atoms with Gasteiger partial charge in [0.2, 0.25) is 0 Å². The fourth-order valence-corrected chi connectivity index (χ4v) is 2.36. The molecule has 23 heavy (non-hydrogen) atoms. The van der Waals surface area contributed by atoms with E-state index < -0.39 is 0 Å². The standard InChI is InChI=1S/C16H16N6O/c23-16(18-6-10-1-2-10)22-15-4-3-13-14(21-15)5-11(7-17-13)12-8-19-20-9-12/h3-5,7-10H,1-2,6H2,(H,19,20)(H2,18,21,22,23). The molecular formula is C16H16N6O. The molecule has 3 aromatic rings. The minimum atomic E-state index is -0.220. The lowest BCUT2D eigenvalue weighted by molar-refractivity contribution is 0.251. The minimum absolute atomic E-state index is 0.220. The molecule has 3 heterocycles. The molecule has 0 bridgehead atoms. The summed E-state index contributed by atoms with van der Waals surface area (Å²) in [5.41, 5.74) is 3.38. The zero-order valence-corrected chi connectivity index (χ0v) is 12.4. The van der Waals surface area contributed by atoms with Gasteiger partial charge < -0.3 is 5.32 Å². The number of anilines is 1. The first-order valence-corrected chi connectivity index (χ1v) is 7.59. The average molecular weight is 308 g/mol. The fourth-order valence-electron chi connectivity index (χ4n) is 2.36. The minimum Gasteiger partial charge on any atom is -0.338 e. The van der Waals surface area contributed by atoms with Crippen LogP contribution in [0.5, 0.6) is 0 Å². The second kappa shape index (κ2) is 5.68. The van der Waals surface area contributed by atoms with Crippen LogP contribution in [0, 0.1) is 5.92 Å². The average Bonchev–Trinajstić information content (AvgIpc) is 3.24. The summed E-state index contributed by atoms with van der Waals surface area (Å²) >= 11 is 0. The first-order chi connectivity index (χ1) is 11.3. The van der Waals surface area contributed by atoms with E-state index in [1.807, 2.05) is 12.1 Å². The summed E-state index contributed by atoms with van der Waals surface area (Å²) < 4.78 is 0. The molecule has 7 heteroatoms. The van der Waals surface area contributed by atoms with Crippen molar-refractivity contribution >= 4 is 22.9 Å². The van der Waals surface area contributed by atoms with Crippen molar-refractivity contribution in [1.82, 2.24) is 25.5 Å². The zero-order valence-electron chi connectivity index (χ0n) is 12.4. The summed E-state index contributed by atoms with van der Waals surface area (Å²) in [6.45, 7) is 0.728. The van der Waals surface area contributed by atoms with Gasteiger partial charge in [0.1, 0.15) is 5.82 Å². The molecule has 0 saturated heterocycles. The number of aromatic amines is 1. The number of aromatic nitrogens is 4. The van der Waals surface area contributed by atoms with Gasteiger partial charge in [-0.05, 0) is 37.0 Å². The summed E-state index contributed by atoms with van der Waals surface area (Å²) in [7, 11) is 0. The van der Waals surface area contributed by atoms with Crippen LogP contribution in [0.25, 0.3) is 22.2 Å². The predicted octanol–water partition coefficient (Wildman–Crippen LogP) is 2.55. The third-order valence-corrected chi connectivity index (χ3v) is 3.86. The zero-order chi connectivity index (χ0) is 15.6. The molecule has 0 aromatic carbocycles. The van der Waals surface area contributed by atoms with Gasteiger partial charge in [-0.2, -0.15) is 5.10 Å². The van der Waals surface area contributed by atoms with Crippen molar-refractivity contribution in [3.8, 4) is 11.1 Å². The van der Waals surface area contributed by atoms with Crippen LogP contribution < -0.4 is 10.6 Å². The van der Waals surface area contributed by atoms with Gasteiger partial charge in [-0.1, -0.05) is 0 Å². The van der Waals surface area contributed by atoms with Gasteiger partial charge in [-0.3, -0.25) is 15.4 Å². The fraction of sp³-hybridized carbons (Fsp3) is 0.250. The Bertz CT molecular complexity index is 841. The number of fused-ring (bicyclic) bond motifs is 1. The lowest BCUT2D eigenvalue weighted by Crippen LogP contribution is -2.30. The molecule has 116 valence electrons. The third kappa shape index (κ3) is 3.13. The number of amides is 2. The van der Waals surface area contributed by atoms with Crippen LogP contribution >= 0.6 is 0 Å². The number of urea groups is 1. The highest BCUT2D eigenvalue weighted by Gasteiger charge is 2.21. The molecule has 0 unspecified atom stereocenters. The molecule has 3 aromatic heterocycles. The molecule has 0 radical (unpaired) electrons. The van der Waals surface area contributed by atoms with Crippen LogP contribution in [0.2, 0.25) is 0 Å². The molecule has 1 fully saturated rings. The topological polar surface area (TPSA) is 95.6 Å². The summed E-state index contributed by atoms with van der Waals surface area (Å²) in [6.07, 6.45) is 7.73. The molecule has 1 aliphatic carbocycles. The van der Waals surface area contributed by atoms with Gasteiger partial charge in [0, 0.05) is 30.1 Å². The highest BCUT2D eigenvalue weighted by atomic mass is 16.2. The maximum atomic E-state index is 11.8. The van der Waals surface area contributed by atoms with E-state index in [1.165, 1.54) is 12.8 Å². The number of nitrogens with zero attached hydrogens (tertiary/aromatic N) is 3. The molecule has 3 N–H and O–H groups in total. The lowest BCUT2D eigenvalue weighted by Gasteiger charge is -2.07. The van der Waals surface area contributed by atoms with Crippen LogP contribution in [0.15, 0.2) is 36.8 Å². The lowest BCUT2D eigenvalue weighted by atomic mass is 10.1. The van der Waals surface area contributed by atoms with Gasteiger partial charge in [0.15, 0.2) is 0 Å². The van der Waals surface area contributed by atoms with Gasteiger partial charge in [-0.25, -0.2) is 9.78 Å². The summed E-state index contributed by atoms with van der Waals surface area (Å²) in [5.74, 6) is 1.16. The number of pyridine rings is 2. The quantitative estimate of drug-likeness (QED) is 0.690. The smallest absolute Gasteiger partial charge is 0.320 e. The highest BCUT2D eigenvalue weighted by molar-refractivity contribution is 5.90. The number of H-pyrrole nitrogens is 1. The van der Waals surface area contributed by atoms with Crippen molar-refractivity contribution in [2.75, 3.05) is 11.9 Å². The maximum Gasteiger partial charge on any atom is 0.320 e. The summed E-state index contributed by atoms with van der Waals surface area (Å²) in [5, 5.41) is 12.3. The van der Waals surface area contributed by atoms with Crippen LogP contribution in [0.4, 0.5) is 10.6 Å². The molecule has 1 saturated carbocycles. The van der Waals surface area contributed by atoms with Crippen LogP contribution in [-0.4, -0.2) is 32.7 Å². The number of hydrogen-bond donors (Lipinski definition) is 3. The van der Waals surface area contributed by atoms with Crippen molar-refractivity contribution in [3.63, 3.8) is 0 Å². The summed E-state index contributed by atoms with van der Waals surface area (Å²) in [4.78, 5) is 20.7. The van der Waals surface area contributed by atoms with E-state index in [2.05, 4.69) is 30.8 Å². The van der Waals surface area contributed by atoms with E-state index >= 15 is 0 Å². The van der Waals surface area contributed by atoms with E-state index in [-0.39, 0.29) is 6.03 Å². The van der Waals surface area contributed by atoms with Crippen LogP contribution in [-0.2, 0) is 0 Å². The van der Waals surface area contributed by atoms with Crippen molar-refractivity contribution in [3.05, 3.63) is 36.8 Å². The van der Waals surface area contributed by atoms with Gasteiger partial charge >= 0.3 is 6.03 Å². The number of carbonyl (C=O) groups is 1. The van der Waals surface area contributed by atoms with Gasteiger partial charge in [-0.15, -0.1) is 0 Å². The summed E-state index contributed by atoms with van der Waals surface area (Å²) in [6, 6.07) is 5.31. The van der Waals surface area contributed by atoms with E-state index in [0.29, 0.717) is 11.7 Å². The Labute approximate surface area is 132 Å². The monoisotopic (exact) mass is 308 g/mol. The largest absolute Gasteiger partial charge is 0.338 e. The molecule has 7 nitrogen and oxygen atoms in total. The predicted molar refractivity (Wildman–Crippen MR) is 86.9 cm³/mol. The van der Waals surface area contributed by atoms with E-state index in [0.717, 1.165) is 28.7 Å². The van der Waals surface area contributed by atoms with E-state index in [1.54, 1.807) is 24.7 Å². The normalized spacial score (nSPS) is 13.9. The van der Waals surface area contributed by atoms with Gasteiger partial charge in [0.25, 0.3) is 0 Å². The Balaban J connectivity index is 1.54. The van der Waals surface area contributed by atoms with Crippen LogP contribution in [0.3, 0.4) is 0 Å². The van der Waals surface area contributed by atoms with Crippen molar-refractivity contribution in [2.24, 2.45) is 5.92 Å². The SMILES string of the molecule is O=C(NCC1CC1)Nc1ccc2ncc(-c3cn[nH]c3)cc2n1. The molecule has 0 aliphatic heterocycles. The molecule has 0 spiro atoms. The Morgan fingerprint density at radius 3 is 2.91 bits per heavy atom. The Morgan fingerprint density at radius 2 is 2.13 bits per heavy atom. The van der Waals surface area contributed by atoms with Crippen molar-refractivity contribution in [2.45, 2.75) is 12.8 Å². The molecule has 4 rings (SSSR count). The van der Waals surface area contributed by atoms with Crippen LogP contribution in [0.1, 0.15) is 12.8 Å². The number of rotatable bonds is 4. The molecule has 2 amide bonds. The maximum absolute atomic E-state index is 11.8. The Kier molecular flexibility index (Phi) is 3.38. The van der Waals surface area contributed by atoms with E-state index in [9.17, 15) is 4.79 Å². The third-order valence-electron chi connectivity index (χ3n) is 3.86. The molecule has 0 atom stereocenters. The number of carbonyl (C=O) groups excluding carboxylic acids is 1. The van der Waals surface area contributed by atoms with Gasteiger partial charge in [0.05, 0.1) is 17.2 Å². The number of nitrogens with one attached hydrogen (secondary N) is 3. The first kappa shape index (κ1) is 13.7. The molecular weight excluding hydrogens is 292 g/mol. The van der Waals surface area contributed by atoms with Crippen molar-refractivity contribution < 1.29 is 4.79 Å². The second-order valence-corrected chi connectivity index (χ2v) is 5.72. The number of hydrogen-bond acceptors (Lipinski definition) is 4. The first-order valence-electron chi connectivity index (χ1n) is 7.59. The van der Waals surface area contributed by atoms with E-state index in [4.69, 9.17) is 0 Å². The Hall–Kier alpha value is -2.96. The Morgan fingerprint density at radius 1 is 1.22 bits per heavy atom. The molecule has 1 aliphatic rings. The highest BCUT2D eigenvalue weighted by Crippen LogP contribution is 2.27. The second-order valence-electron chi connectivity index (χ2n) is 5.72. The van der Waals surface area contributed by atoms with Crippen molar-refractivity contribution in [1.29, 1.82) is 0 Å².